The van der Waals surface area contributed by atoms with Crippen molar-refractivity contribution in [3.8, 4) is 0 Å². The molecular weight excluding hydrogens is 653 g/mol. The van der Waals surface area contributed by atoms with Gasteiger partial charge >= 0.3 is 11.9 Å². The number of rotatable bonds is 44. The normalized spacial score (nSPS) is 12.1. The van der Waals surface area contributed by atoms with Gasteiger partial charge in [0.2, 0.25) is 0 Å². The van der Waals surface area contributed by atoms with Gasteiger partial charge in [-0.05, 0) is 44.9 Å². The molecule has 0 aromatic carbocycles. The van der Waals surface area contributed by atoms with Crippen molar-refractivity contribution in [1.82, 2.24) is 0 Å². The SMILES string of the molecule is CCCCCCCCCCCCCCC/C=C/CCCCC(CC(=O)OCCCCCCCCCCCC)C(=O)OCCCCCCCCCCCC. The van der Waals surface area contributed by atoms with E-state index in [-0.39, 0.29) is 24.3 Å². The molecule has 4 heteroatoms. The van der Waals surface area contributed by atoms with E-state index in [1.165, 1.54) is 193 Å². The highest BCUT2D eigenvalue weighted by Gasteiger charge is 2.24. The summed E-state index contributed by atoms with van der Waals surface area (Å²) in [5, 5.41) is 0. The molecule has 0 aromatic rings. The lowest BCUT2D eigenvalue weighted by molar-refractivity contribution is -0.155. The first-order valence-electron chi connectivity index (χ1n) is 24.1. The molecule has 0 spiro atoms. The molecule has 0 fully saturated rings. The van der Waals surface area contributed by atoms with Crippen molar-refractivity contribution in [2.24, 2.45) is 5.92 Å². The standard InChI is InChI=1S/C49H94O4/c1-4-7-10-13-16-19-22-23-24-25-26-27-28-29-30-31-34-37-40-43-47(49(51)53-45-42-39-36-33-21-18-15-12-9-6-3)46-48(50)52-44-41-38-35-32-20-17-14-11-8-5-2/h30-31,47H,4-29,32-46H2,1-3H3/b31-30+. The molecule has 0 saturated carbocycles. The quantitative estimate of drug-likeness (QED) is 0.0354. The fourth-order valence-corrected chi connectivity index (χ4v) is 7.39. The first-order valence-corrected chi connectivity index (χ1v) is 24.1. The molecule has 0 amide bonds. The molecule has 0 heterocycles. The van der Waals surface area contributed by atoms with Crippen molar-refractivity contribution in [1.29, 1.82) is 0 Å². The zero-order chi connectivity index (χ0) is 38.6. The summed E-state index contributed by atoms with van der Waals surface area (Å²) in [7, 11) is 0. The van der Waals surface area contributed by atoms with Crippen molar-refractivity contribution in [3.05, 3.63) is 12.2 Å². The maximum absolute atomic E-state index is 13.1. The van der Waals surface area contributed by atoms with Crippen LogP contribution in [0.2, 0.25) is 0 Å². The number of allylic oxidation sites excluding steroid dienone is 2. The maximum Gasteiger partial charge on any atom is 0.309 e. The molecule has 0 aliphatic carbocycles. The van der Waals surface area contributed by atoms with Crippen LogP contribution in [-0.2, 0) is 19.1 Å². The Morgan fingerprint density at radius 3 is 1.06 bits per heavy atom. The lowest BCUT2D eigenvalue weighted by Gasteiger charge is -2.16. The average molecular weight is 747 g/mol. The van der Waals surface area contributed by atoms with Crippen molar-refractivity contribution in [3.63, 3.8) is 0 Å². The van der Waals surface area contributed by atoms with Crippen molar-refractivity contribution >= 4 is 11.9 Å². The van der Waals surface area contributed by atoms with Gasteiger partial charge in [0, 0.05) is 0 Å². The van der Waals surface area contributed by atoms with E-state index in [4.69, 9.17) is 9.47 Å². The highest BCUT2D eigenvalue weighted by molar-refractivity contribution is 5.79. The van der Waals surface area contributed by atoms with Gasteiger partial charge in [0.1, 0.15) is 0 Å². The number of carbonyl (C=O) groups excluding carboxylic acids is 2. The maximum atomic E-state index is 13.1. The molecule has 314 valence electrons. The number of ether oxygens (including phenoxy) is 2. The number of esters is 2. The first-order chi connectivity index (χ1) is 26.2. The van der Waals surface area contributed by atoms with E-state index in [1.54, 1.807) is 0 Å². The summed E-state index contributed by atoms with van der Waals surface area (Å²) in [6.45, 7) is 7.76. The zero-order valence-corrected chi connectivity index (χ0v) is 36.4. The second-order valence-electron chi connectivity index (χ2n) is 16.4. The molecular formula is C49H94O4. The van der Waals surface area contributed by atoms with Crippen LogP contribution in [0, 0.1) is 5.92 Å². The van der Waals surface area contributed by atoms with Crippen molar-refractivity contribution < 1.29 is 19.1 Å². The number of carbonyl (C=O) groups is 2. The van der Waals surface area contributed by atoms with Gasteiger partial charge in [-0.1, -0.05) is 232 Å². The van der Waals surface area contributed by atoms with Crippen LogP contribution in [0.4, 0.5) is 0 Å². The lowest BCUT2D eigenvalue weighted by Crippen LogP contribution is -2.23. The molecule has 0 bridgehead atoms. The van der Waals surface area contributed by atoms with E-state index >= 15 is 0 Å². The third-order valence-corrected chi connectivity index (χ3v) is 11.1. The minimum absolute atomic E-state index is 0.156. The van der Waals surface area contributed by atoms with E-state index in [1.807, 2.05) is 0 Å². The summed E-state index contributed by atoms with van der Waals surface area (Å²) >= 11 is 0. The molecule has 0 aromatic heterocycles. The lowest BCUT2D eigenvalue weighted by atomic mass is 9.97. The highest BCUT2D eigenvalue weighted by atomic mass is 16.5. The van der Waals surface area contributed by atoms with Crippen LogP contribution < -0.4 is 0 Å². The fourth-order valence-electron chi connectivity index (χ4n) is 7.39. The third-order valence-electron chi connectivity index (χ3n) is 11.1. The minimum Gasteiger partial charge on any atom is -0.466 e. The molecule has 0 aliphatic rings. The fraction of sp³-hybridized carbons (Fsp3) is 0.918. The predicted octanol–water partition coefficient (Wildman–Crippen LogP) is 16.5. The van der Waals surface area contributed by atoms with Gasteiger partial charge in [0.15, 0.2) is 0 Å². The zero-order valence-electron chi connectivity index (χ0n) is 36.4. The van der Waals surface area contributed by atoms with Gasteiger partial charge in [0.05, 0.1) is 25.6 Å². The Balaban J connectivity index is 4.21. The molecule has 0 N–H and O–H groups in total. The minimum atomic E-state index is -0.381. The summed E-state index contributed by atoms with van der Waals surface area (Å²) in [5.41, 5.74) is 0. The first kappa shape index (κ1) is 51.7. The van der Waals surface area contributed by atoms with E-state index in [9.17, 15) is 9.59 Å². The third kappa shape index (κ3) is 41.7. The van der Waals surface area contributed by atoms with E-state index < -0.39 is 0 Å². The monoisotopic (exact) mass is 747 g/mol. The van der Waals surface area contributed by atoms with E-state index in [0.717, 1.165) is 44.9 Å². The molecule has 4 nitrogen and oxygen atoms in total. The van der Waals surface area contributed by atoms with Crippen LogP contribution in [0.25, 0.3) is 0 Å². The Bertz CT molecular complexity index is 762. The highest BCUT2D eigenvalue weighted by Crippen LogP contribution is 2.19. The van der Waals surface area contributed by atoms with Crippen LogP contribution in [0.15, 0.2) is 12.2 Å². The van der Waals surface area contributed by atoms with Crippen LogP contribution >= 0.6 is 0 Å². The Hall–Kier alpha value is -1.32. The second kappa shape index (κ2) is 45.1. The van der Waals surface area contributed by atoms with Gasteiger partial charge in [-0.2, -0.15) is 0 Å². The molecule has 1 atom stereocenters. The van der Waals surface area contributed by atoms with Gasteiger partial charge in [-0.15, -0.1) is 0 Å². The Morgan fingerprint density at radius 1 is 0.377 bits per heavy atom. The summed E-state index contributed by atoms with van der Waals surface area (Å²) in [4.78, 5) is 25.8. The van der Waals surface area contributed by atoms with Crippen LogP contribution in [0.1, 0.15) is 271 Å². The van der Waals surface area contributed by atoms with Crippen molar-refractivity contribution in [2.75, 3.05) is 13.2 Å². The van der Waals surface area contributed by atoms with Crippen LogP contribution in [0.3, 0.4) is 0 Å². The molecule has 1 unspecified atom stereocenters. The molecule has 53 heavy (non-hydrogen) atoms. The summed E-state index contributed by atoms with van der Waals surface area (Å²) in [6, 6.07) is 0. The summed E-state index contributed by atoms with van der Waals surface area (Å²) in [6.07, 6.45) is 53.1. The topological polar surface area (TPSA) is 52.6 Å². The van der Waals surface area contributed by atoms with Gasteiger partial charge < -0.3 is 9.47 Å². The Morgan fingerprint density at radius 2 is 0.679 bits per heavy atom. The molecule has 0 aliphatic heterocycles. The van der Waals surface area contributed by atoms with Gasteiger partial charge in [-0.3, -0.25) is 9.59 Å². The van der Waals surface area contributed by atoms with Crippen LogP contribution in [-0.4, -0.2) is 25.2 Å². The van der Waals surface area contributed by atoms with E-state index in [0.29, 0.717) is 19.6 Å². The number of hydrogen-bond acceptors (Lipinski definition) is 4. The Labute approximate surface area is 332 Å². The van der Waals surface area contributed by atoms with Crippen molar-refractivity contribution in [2.45, 2.75) is 271 Å². The van der Waals surface area contributed by atoms with Gasteiger partial charge in [0.25, 0.3) is 0 Å². The summed E-state index contributed by atoms with van der Waals surface area (Å²) < 4.78 is 11.3. The largest absolute Gasteiger partial charge is 0.466 e. The Kier molecular flexibility index (Phi) is 43.9. The number of hydrogen-bond donors (Lipinski definition) is 0. The average Bonchev–Trinajstić information content (AvgIpc) is 3.16. The van der Waals surface area contributed by atoms with Crippen LogP contribution in [0.5, 0.6) is 0 Å². The van der Waals surface area contributed by atoms with E-state index in [2.05, 4.69) is 32.9 Å². The predicted molar refractivity (Wildman–Crippen MR) is 232 cm³/mol. The molecule has 0 radical (unpaired) electrons. The smallest absolute Gasteiger partial charge is 0.309 e. The number of unbranched alkanes of at least 4 members (excludes halogenated alkanes) is 33. The molecule has 0 saturated heterocycles. The second-order valence-corrected chi connectivity index (χ2v) is 16.4. The molecule has 0 rings (SSSR count). The summed E-state index contributed by atoms with van der Waals surface area (Å²) in [5.74, 6) is -0.817. The van der Waals surface area contributed by atoms with Gasteiger partial charge in [-0.25, -0.2) is 0 Å².